The van der Waals surface area contributed by atoms with Crippen molar-refractivity contribution in [2.75, 3.05) is 13.1 Å². The summed E-state index contributed by atoms with van der Waals surface area (Å²) in [7, 11) is 0. The number of fused-ring (bicyclic) bond motifs is 3. The summed E-state index contributed by atoms with van der Waals surface area (Å²) >= 11 is 0. The molecule has 0 amide bonds. The van der Waals surface area contributed by atoms with Crippen LogP contribution in [0.2, 0.25) is 0 Å². The lowest BCUT2D eigenvalue weighted by Crippen LogP contribution is -2.41. The summed E-state index contributed by atoms with van der Waals surface area (Å²) in [5.41, 5.74) is 0. The first-order valence-corrected chi connectivity index (χ1v) is 6.20. The largest absolute Gasteiger partial charge is 0.481 e. The third-order valence-electron chi connectivity index (χ3n) is 4.77. The average molecular weight is 209 g/mol. The Morgan fingerprint density at radius 1 is 1.33 bits per heavy atom. The molecule has 3 rings (SSSR count). The Labute approximate surface area is 90.5 Å². The van der Waals surface area contributed by atoms with Crippen molar-refractivity contribution < 1.29 is 9.90 Å². The minimum atomic E-state index is -0.614. The third kappa shape index (κ3) is 1.57. The Morgan fingerprint density at radius 3 is 2.87 bits per heavy atom. The maximum atomic E-state index is 10.7. The lowest BCUT2D eigenvalue weighted by atomic mass is 9.70. The van der Waals surface area contributed by atoms with Crippen LogP contribution in [0.3, 0.4) is 0 Å². The number of carbonyl (C=O) groups is 1. The Balaban J connectivity index is 1.63. The van der Waals surface area contributed by atoms with E-state index in [2.05, 4.69) is 4.90 Å². The highest BCUT2D eigenvalue weighted by molar-refractivity contribution is 5.67. The molecule has 0 aromatic heterocycles. The van der Waals surface area contributed by atoms with E-state index in [9.17, 15) is 4.79 Å². The van der Waals surface area contributed by atoms with E-state index in [1.807, 2.05) is 0 Å². The van der Waals surface area contributed by atoms with Crippen LogP contribution in [0.4, 0.5) is 0 Å². The first-order chi connectivity index (χ1) is 7.24. The van der Waals surface area contributed by atoms with Gasteiger partial charge in [-0.1, -0.05) is 0 Å². The molecular weight excluding hydrogens is 190 g/mol. The van der Waals surface area contributed by atoms with Crippen molar-refractivity contribution in [2.45, 2.75) is 38.1 Å². The smallest absolute Gasteiger partial charge is 0.303 e. The van der Waals surface area contributed by atoms with Gasteiger partial charge in [-0.3, -0.25) is 9.69 Å². The molecule has 1 aliphatic carbocycles. The average Bonchev–Trinajstić information content (AvgIpc) is 2.36. The number of rotatable bonds is 2. The Kier molecular flexibility index (Phi) is 2.23. The second kappa shape index (κ2) is 3.48. The molecular formula is C12H19NO2. The van der Waals surface area contributed by atoms with Crippen LogP contribution in [0.1, 0.15) is 32.1 Å². The van der Waals surface area contributed by atoms with Gasteiger partial charge in [-0.25, -0.2) is 0 Å². The number of piperidine rings is 1. The van der Waals surface area contributed by atoms with E-state index in [0.29, 0.717) is 12.3 Å². The van der Waals surface area contributed by atoms with E-state index in [0.717, 1.165) is 37.3 Å². The van der Waals surface area contributed by atoms with Gasteiger partial charge in [0.25, 0.3) is 0 Å². The van der Waals surface area contributed by atoms with E-state index in [1.54, 1.807) is 0 Å². The van der Waals surface area contributed by atoms with Crippen molar-refractivity contribution in [1.29, 1.82) is 0 Å². The number of hydrogen-bond acceptors (Lipinski definition) is 2. The highest BCUT2D eigenvalue weighted by atomic mass is 16.4. The van der Waals surface area contributed by atoms with Crippen LogP contribution in [-0.2, 0) is 4.79 Å². The van der Waals surface area contributed by atoms with Gasteiger partial charge >= 0.3 is 5.97 Å². The Morgan fingerprint density at radius 2 is 2.20 bits per heavy atom. The molecule has 0 radical (unpaired) electrons. The van der Waals surface area contributed by atoms with Crippen LogP contribution in [-0.4, -0.2) is 35.1 Å². The molecule has 0 spiro atoms. The van der Waals surface area contributed by atoms with Crippen LogP contribution < -0.4 is 0 Å². The minimum absolute atomic E-state index is 0.391. The summed E-state index contributed by atoms with van der Waals surface area (Å²) in [5, 5.41) is 8.82. The van der Waals surface area contributed by atoms with E-state index in [-0.39, 0.29) is 0 Å². The predicted molar refractivity (Wildman–Crippen MR) is 56.6 cm³/mol. The maximum Gasteiger partial charge on any atom is 0.303 e. The highest BCUT2D eigenvalue weighted by Crippen LogP contribution is 2.48. The van der Waals surface area contributed by atoms with Crippen molar-refractivity contribution >= 4 is 5.97 Å². The zero-order chi connectivity index (χ0) is 10.4. The molecule has 2 heterocycles. The SMILES string of the molecule is O=C(O)CC1CCN2C[C@H]3CC[C@H]3C2C1. The van der Waals surface area contributed by atoms with Crippen molar-refractivity contribution in [3.8, 4) is 0 Å². The fourth-order valence-corrected chi connectivity index (χ4v) is 3.86. The molecule has 2 aliphatic heterocycles. The van der Waals surface area contributed by atoms with Crippen LogP contribution in [0, 0.1) is 17.8 Å². The topological polar surface area (TPSA) is 40.5 Å². The molecule has 4 atom stereocenters. The van der Waals surface area contributed by atoms with Gasteiger partial charge in [0.15, 0.2) is 0 Å². The normalized spacial score (nSPS) is 44.3. The molecule has 2 saturated heterocycles. The summed E-state index contributed by atoms with van der Waals surface area (Å²) in [6, 6.07) is 0.738. The fraction of sp³-hybridized carbons (Fsp3) is 0.917. The van der Waals surface area contributed by atoms with Gasteiger partial charge in [0.2, 0.25) is 0 Å². The van der Waals surface area contributed by atoms with Crippen molar-refractivity contribution in [1.82, 2.24) is 4.90 Å². The van der Waals surface area contributed by atoms with Gasteiger partial charge in [0, 0.05) is 19.0 Å². The molecule has 0 aromatic carbocycles. The molecule has 3 heteroatoms. The monoisotopic (exact) mass is 209 g/mol. The van der Waals surface area contributed by atoms with Gasteiger partial charge in [-0.05, 0) is 50.0 Å². The molecule has 3 aliphatic rings. The third-order valence-corrected chi connectivity index (χ3v) is 4.77. The highest BCUT2D eigenvalue weighted by Gasteiger charge is 2.48. The van der Waals surface area contributed by atoms with Crippen LogP contribution >= 0.6 is 0 Å². The van der Waals surface area contributed by atoms with Gasteiger partial charge in [-0.15, -0.1) is 0 Å². The van der Waals surface area contributed by atoms with E-state index in [4.69, 9.17) is 5.11 Å². The molecule has 2 unspecified atom stereocenters. The Bertz CT molecular complexity index is 279. The van der Waals surface area contributed by atoms with Gasteiger partial charge < -0.3 is 5.11 Å². The number of carboxylic acids is 1. The van der Waals surface area contributed by atoms with Crippen LogP contribution in [0.15, 0.2) is 0 Å². The first-order valence-electron chi connectivity index (χ1n) is 6.20. The number of carboxylic acid groups (broad SMARTS) is 1. The van der Waals surface area contributed by atoms with Crippen LogP contribution in [0.25, 0.3) is 0 Å². The van der Waals surface area contributed by atoms with Gasteiger partial charge in [0.05, 0.1) is 0 Å². The lowest BCUT2D eigenvalue weighted by Gasteiger charge is -2.39. The standard InChI is InChI=1S/C12H19NO2/c14-12(15)6-8-3-4-13-7-9-1-2-10(9)11(13)5-8/h8-11H,1-7H2,(H,14,15)/t8?,9-,10-,11?/m1/s1. The first kappa shape index (κ1) is 9.64. The molecule has 0 bridgehead atoms. The summed E-state index contributed by atoms with van der Waals surface area (Å²) < 4.78 is 0. The predicted octanol–water partition coefficient (Wildman–Crippen LogP) is 1.58. The molecule has 15 heavy (non-hydrogen) atoms. The van der Waals surface area contributed by atoms with Crippen molar-refractivity contribution in [2.24, 2.45) is 17.8 Å². The summed E-state index contributed by atoms with van der Waals surface area (Å²) in [6.45, 7) is 2.45. The van der Waals surface area contributed by atoms with E-state index < -0.39 is 5.97 Å². The van der Waals surface area contributed by atoms with E-state index in [1.165, 1.54) is 19.4 Å². The quantitative estimate of drug-likeness (QED) is 0.750. The maximum absolute atomic E-state index is 10.7. The molecule has 3 fully saturated rings. The van der Waals surface area contributed by atoms with Gasteiger partial charge in [-0.2, -0.15) is 0 Å². The van der Waals surface area contributed by atoms with E-state index >= 15 is 0 Å². The summed E-state index contributed by atoms with van der Waals surface area (Å²) in [6.07, 6.45) is 5.45. The second-order valence-corrected chi connectivity index (χ2v) is 5.55. The number of aliphatic carboxylic acids is 1. The molecule has 0 aromatic rings. The van der Waals surface area contributed by atoms with Crippen molar-refractivity contribution in [3.63, 3.8) is 0 Å². The Hall–Kier alpha value is -0.570. The second-order valence-electron chi connectivity index (χ2n) is 5.55. The van der Waals surface area contributed by atoms with Gasteiger partial charge in [0.1, 0.15) is 0 Å². The number of nitrogens with zero attached hydrogens (tertiary/aromatic N) is 1. The zero-order valence-corrected chi connectivity index (χ0v) is 9.06. The fourth-order valence-electron chi connectivity index (χ4n) is 3.86. The lowest BCUT2D eigenvalue weighted by molar-refractivity contribution is -0.138. The number of hydrogen-bond donors (Lipinski definition) is 1. The molecule has 84 valence electrons. The minimum Gasteiger partial charge on any atom is -0.481 e. The zero-order valence-electron chi connectivity index (χ0n) is 9.06. The van der Waals surface area contributed by atoms with Crippen molar-refractivity contribution in [3.05, 3.63) is 0 Å². The summed E-state index contributed by atoms with van der Waals surface area (Å²) in [5.74, 6) is 1.71. The van der Waals surface area contributed by atoms with Crippen LogP contribution in [0.5, 0.6) is 0 Å². The molecule has 3 nitrogen and oxygen atoms in total. The summed E-state index contributed by atoms with van der Waals surface area (Å²) in [4.78, 5) is 13.3. The molecule has 1 N–H and O–H groups in total. The molecule has 1 saturated carbocycles.